The zero-order valence-corrected chi connectivity index (χ0v) is 16.8. The Hall–Kier alpha value is -2.21. The minimum Gasteiger partial charge on any atom is -0.497 e. The Morgan fingerprint density at radius 1 is 1.31 bits per heavy atom. The summed E-state index contributed by atoms with van der Waals surface area (Å²) in [6.45, 7) is 7.56. The second-order valence-corrected chi connectivity index (χ2v) is 6.57. The van der Waals surface area contributed by atoms with Crippen LogP contribution in [0.3, 0.4) is 0 Å². The van der Waals surface area contributed by atoms with Crippen molar-refractivity contribution < 1.29 is 14.3 Å². The van der Waals surface area contributed by atoms with Gasteiger partial charge in [0.15, 0.2) is 0 Å². The number of nitrogens with one attached hydrogen (secondary N) is 1. The first-order chi connectivity index (χ1) is 12.3. The smallest absolute Gasteiger partial charge is 0.245 e. The largest absolute Gasteiger partial charge is 0.497 e. The number of carbonyl (C=O) groups is 1. The highest BCUT2D eigenvalue weighted by atomic mass is 35.5. The average molecular weight is 380 g/mol. The number of rotatable bonds is 7. The van der Waals surface area contributed by atoms with Crippen LogP contribution in [0.4, 0.5) is 0 Å². The first-order valence-electron chi connectivity index (χ1n) is 8.57. The molecule has 1 amide bonds. The number of ether oxygens (including phenoxy) is 2. The van der Waals surface area contributed by atoms with E-state index < -0.39 is 6.04 Å². The van der Waals surface area contributed by atoms with E-state index in [4.69, 9.17) is 21.1 Å². The molecule has 0 aliphatic heterocycles. The molecule has 0 spiro atoms. The molecule has 142 valence electrons. The Balaban J connectivity index is 2.26. The van der Waals surface area contributed by atoms with E-state index in [1.165, 1.54) is 0 Å². The third-order valence-corrected chi connectivity index (χ3v) is 5.03. The maximum absolute atomic E-state index is 12.9. The summed E-state index contributed by atoms with van der Waals surface area (Å²) in [6, 6.07) is 4.83. The van der Waals surface area contributed by atoms with Crippen molar-refractivity contribution in [1.29, 1.82) is 0 Å². The van der Waals surface area contributed by atoms with Crippen LogP contribution in [0.5, 0.6) is 11.5 Å². The molecule has 0 saturated carbocycles. The van der Waals surface area contributed by atoms with Crippen LogP contribution in [0.1, 0.15) is 49.3 Å². The molecule has 0 fully saturated rings. The van der Waals surface area contributed by atoms with Crippen molar-refractivity contribution in [1.82, 2.24) is 15.1 Å². The van der Waals surface area contributed by atoms with Crippen molar-refractivity contribution in [2.75, 3.05) is 14.2 Å². The van der Waals surface area contributed by atoms with Crippen molar-refractivity contribution in [3.63, 3.8) is 0 Å². The molecule has 0 bridgehead atoms. The monoisotopic (exact) mass is 379 g/mol. The molecule has 2 rings (SSSR count). The van der Waals surface area contributed by atoms with Crippen LogP contribution in [-0.4, -0.2) is 29.9 Å². The van der Waals surface area contributed by atoms with Gasteiger partial charge in [-0.25, -0.2) is 0 Å². The molecule has 2 atom stereocenters. The van der Waals surface area contributed by atoms with Gasteiger partial charge in [0.25, 0.3) is 0 Å². The molecule has 0 aliphatic carbocycles. The van der Waals surface area contributed by atoms with Crippen LogP contribution >= 0.6 is 11.6 Å². The Kier molecular flexibility index (Phi) is 6.53. The van der Waals surface area contributed by atoms with Gasteiger partial charge in [-0.3, -0.25) is 9.48 Å². The van der Waals surface area contributed by atoms with Gasteiger partial charge in [-0.2, -0.15) is 5.10 Å². The lowest BCUT2D eigenvalue weighted by Crippen LogP contribution is -2.35. The summed E-state index contributed by atoms with van der Waals surface area (Å²) in [5, 5.41) is 8.07. The van der Waals surface area contributed by atoms with Crippen molar-refractivity contribution in [2.24, 2.45) is 0 Å². The second kappa shape index (κ2) is 8.45. The van der Waals surface area contributed by atoms with E-state index in [-0.39, 0.29) is 11.9 Å². The molecule has 1 heterocycles. The maximum atomic E-state index is 12.9. The summed E-state index contributed by atoms with van der Waals surface area (Å²) in [5.41, 5.74) is 2.36. The van der Waals surface area contributed by atoms with Gasteiger partial charge in [0.1, 0.15) is 17.5 Å². The van der Waals surface area contributed by atoms with Crippen molar-refractivity contribution in [3.8, 4) is 11.5 Å². The predicted molar refractivity (Wildman–Crippen MR) is 102 cm³/mol. The van der Waals surface area contributed by atoms with E-state index in [9.17, 15) is 4.79 Å². The van der Waals surface area contributed by atoms with Crippen LogP contribution in [0, 0.1) is 13.8 Å². The van der Waals surface area contributed by atoms with Crippen LogP contribution in [-0.2, 0) is 4.79 Å². The van der Waals surface area contributed by atoms with Crippen molar-refractivity contribution in [3.05, 3.63) is 40.2 Å². The Morgan fingerprint density at radius 2 is 2.00 bits per heavy atom. The first kappa shape index (κ1) is 20.1. The number of aryl methyl sites for hydroxylation is 1. The highest BCUT2D eigenvalue weighted by molar-refractivity contribution is 6.31. The minimum atomic E-state index is -0.430. The highest BCUT2D eigenvalue weighted by Gasteiger charge is 2.25. The fourth-order valence-electron chi connectivity index (χ4n) is 2.98. The topological polar surface area (TPSA) is 65.4 Å². The predicted octanol–water partition coefficient (Wildman–Crippen LogP) is 4.00. The SMILES string of the molecule is CCC(C(=O)NC(C)c1cc(OC)ccc1OC)n1nc(C)c(Cl)c1C. The summed E-state index contributed by atoms with van der Waals surface area (Å²) < 4.78 is 12.4. The lowest BCUT2D eigenvalue weighted by atomic mass is 10.1. The molecule has 26 heavy (non-hydrogen) atoms. The van der Waals surface area contributed by atoms with Gasteiger partial charge in [0.05, 0.1) is 36.7 Å². The number of benzene rings is 1. The van der Waals surface area contributed by atoms with E-state index in [1.807, 2.05) is 45.9 Å². The van der Waals surface area contributed by atoms with Crippen molar-refractivity contribution >= 4 is 17.5 Å². The summed E-state index contributed by atoms with van der Waals surface area (Å²) in [6.07, 6.45) is 0.603. The van der Waals surface area contributed by atoms with Crippen LogP contribution < -0.4 is 14.8 Å². The quantitative estimate of drug-likeness (QED) is 0.789. The van der Waals surface area contributed by atoms with Gasteiger partial charge in [0.2, 0.25) is 5.91 Å². The van der Waals surface area contributed by atoms with Gasteiger partial charge in [-0.05, 0) is 45.4 Å². The fraction of sp³-hybridized carbons (Fsp3) is 0.474. The zero-order valence-electron chi connectivity index (χ0n) is 16.1. The number of amides is 1. The lowest BCUT2D eigenvalue weighted by molar-refractivity contribution is -0.125. The number of hydrogen-bond acceptors (Lipinski definition) is 4. The summed E-state index contributed by atoms with van der Waals surface area (Å²) in [5.74, 6) is 1.28. The molecule has 1 aromatic heterocycles. The van der Waals surface area contributed by atoms with E-state index in [0.29, 0.717) is 22.9 Å². The van der Waals surface area contributed by atoms with Gasteiger partial charge >= 0.3 is 0 Å². The third-order valence-electron chi connectivity index (χ3n) is 4.48. The molecule has 6 nitrogen and oxygen atoms in total. The molecule has 1 N–H and O–H groups in total. The molecular formula is C19H26ClN3O3. The van der Waals surface area contributed by atoms with E-state index >= 15 is 0 Å². The highest BCUT2D eigenvalue weighted by Crippen LogP contribution is 2.30. The van der Waals surface area contributed by atoms with Crippen molar-refractivity contribution in [2.45, 2.75) is 46.2 Å². The molecule has 0 aliphatic rings. The summed E-state index contributed by atoms with van der Waals surface area (Å²) in [7, 11) is 3.21. The van der Waals surface area contributed by atoms with E-state index in [2.05, 4.69) is 10.4 Å². The van der Waals surface area contributed by atoms with Crippen LogP contribution in [0.15, 0.2) is 18.2 Å². The third kappa shape index (κ3) is 3.96. The number of aromatic nitrogens is 2. The fourth-order valence-corrected chi connectivity index (χ4v) is 3.11. The maximum Gasteiger partial charge on any atom is 0.245 e. The van der Waals surface area contributed by atoms with E-state index in [0.717, 1.165) is 17.0 Å². The minimum absolute atomic E-state index is 0.118. The molecule has 2 aromatic rings. The number of carbonyl (C=O) groups excluding carboxylic acids is 1. The summed E-state index contributed by atoms with van der Waals surface area (Å²) >= 11 is 6.23. The second-order valence-electron chi connectivity index (χ2n) is 6.19. The number of halogens is 1. The average Bonchev–Trinajstić information content (AvgIpc) is 2.89. The van der Waals surface area contributed by atoms with Crippen LogP contribution in [0.25, 0.3) is 0 Å². The molecule has 7 heteroatoms. The molecule has 0 saturated heterocycles. The number of hydrogen-bond donors (Lipinski definition) is 1. The van der Waals surface area contributed by atoms with Gasteiger partial charge in [-0.15, -0.1) is 0 Å². The Labute approximate surface area is 159 Å². The van der Waals surface area contributed by atoms with Gasteiger partial charge in [-0.1, -0.05) is 18.5 Å². The lowest BCUT2D eigenvalue weighted by Gasteiger charge is -2.22. The van der Waals surface area contributed by atoms with Gasteiger partial charge < -0.3 is 14.8 Å². The Bertz CT molecular complexity index is 789. The molecule has 2 unspecified atom stereocenters. The van der Waals surface area contributed by atoms with E-state index in [1.54, 1.807) is 18.9 Å². The molecule has 1 aromatic carbocycles. The van der Waals surface area contributed by atoms with Crippen LogP contribution in [0.2, 0.25) is 5.02 Å². The zero-order chi connectivity index (χ0) is 19.4. The first-order valence-corrected chi connectivity index (χ1v) is 8.95. The summed E-state index contributed by atoms with van der Waals surface area (Å²) in [4.78, 5) is 12.9. The normalized spacial score (nSPS) is 13.2. The molecule has 0 radical (unpaired) electrons. The molecular weight excluding hydrogens is 354 g/mol. The standard InChI is InChI=1S/C19H26ClN3O3/c1-7-16(23-13(4)18(20)12(3)22-23)19(24)21-11(2)15-10-14(25-5)8-9-17(15)26-6/h8-11,16H,7H2,1-6H3,(H,21,24). The number of methoxy groups -OCH3 is 2. The van der Waals surface area contributed by atoms with Gasteiger partial charge in [0, 0.05) is 5.56 Å². The number of nitrogens with zero attached hydrogens (tertiary/aromatic N) is 2. The Morgan fingerprint density at radius 3 is 2.50 bits per heavy atom.